The number of amides is 1. The van der Waals surface area contributed by atoms with Crippen LogP contribution >= 0.6 is 0 Å². The van der Waals surface area contributed by atoms with E-state index in [1.807, 2.05) is 24.0 Å². The van der Waals surface area contributed by atoms with Gasteiger partial charge in [-0.3, -0.25) is 4.79 Å². The van der Waals surface area contributed by atoms with E-state index in [9.17, 15) is 4.79 Å². The second-order valence-electron chi connectivity index (χ2n) is 6.89. The van der Waals surface area contributed by atoms with Gasteiger partial charge in [0.15, 0.2) is 0 Å². The fraction of sp³-hybridized carbons (Fsp3) is 0.450. The Kier molecular flexibility index (Phi) is 4.76. The Labute approximate surface area is 144 Å². The number of nitrogens with two attached hydrogens (primary N) is 1. The summed E-state index contributed by atoms with van der Waals surface area (Å²) in [6.07, 6.45) is 2.00. The lowest BCUT2D eigenvalue weighted by Gasteiger charge is -2.31. The van der Waals surface area contributed by atoms with Crippen molar-refractivity contribution in [3.63, 3.8) is 0 Å². The molecule has 0 saturated carbocycles. The van der Waals surface area contributed by atoms with Crippen LogP contribution in [0.2, 0.25) is 0 Å². The minimum absolute atomic E-state index is 0.106. The molecule has 1 amide bonds. The predicted octanol–water partition coefficient (Wildman–Crippen LogP) is 3.28. The number of carbonyl (C=O) groups is 1. The van der Waals surface area contributed by atoms with Crippen molar-refractivity contribution in [2.45, 2.75) is 45.7 Å². The van der Waals surface area contributed by atoms with Gasteiger partial charge in [0.05, 0.1) is 11.6 Å². The molecule has 1 aromatic carbocycles. The minimum atomic E-state index is 0.106. The van der Waals surface area contributed by atoms with Crippen molar-refractivity contribution >= 4 is 5.91 Å². The van der Waals surface area contributed by atoms with Crippen LogP contribution in [0.1, 0.15) is 53.1 Å². The van der Waals surface area contributed by atoms with E-state index in [2.05, 4.69) is 42.7 Å². The molecule has 4 nitrogen and oxygen atoms in total. The SMILES string of the molecule is Cc1cc(C(=O)N2CCCC(N)C2)c(C)n1C(C)c1ccccc1. The molecule has 2 atom stereocenters. The van der Waals surface area contributed by atoms with E-state index in [1.54, 1.807) is 0 Å². The molecular weight excluding hydrogens is 298 g/mol. The molecule has 4 heteroatoms. The molecule has 2 unspecified atom stereocenters. The molecule has 1 aliphatic heterocycles. The van der Waals surface area contributed by atoms with Crippen molar-refractivity contribution in [2.75, 3.05) is 13.1 Å². The minimum Gasteiger partial charge on any atom is -0.341 e. The van der Waals surface area contributed by atoms with Gasteiger partial charge < -0.3 is 15.2 Å². The molecule has 1 saturated heterocycles. The maximum Gasteiger partial charge on any atom is 0.255 e. The first-order valence-corrected chi connectivity index (χ1v) is 8.77. The molecule has 2 N–H and O–H groups in total. The summed E-state index contributed by atoms with van der Waals surface area (Å²) < 4.78 is 2.26. The van der Waals surface area contributed by atoms with Crippen LogP contribution in [0, 0.1) is 13.8 Å². The van der Waals surface area contributed by atoms with Gasteiger partial charge in [0.1, 0.15) is 0 Å². The van der Waals surface area contributed by atoms with Crippen molar-refractivity contribution in [1.82, 2.24) is 9.47 Å². The molecule has 0 spiro atoms. The van der Waals surface area contributed by atoms with Gasteiger partial charge in [-0.25, -0.2) is 0 Å². The van der Waals surface area contributed by atoms with Crippen LogP contribution in [0.4, 0.5) is 0 Å². The molecule has 0 aliphatic carbocycles. The lowest BCUT2D eigenvalue weighted by Crippen LogP contribution is -2.45. The first-order valence-electron chi connectivity index (χ1n) is 8.77. The Hall–Kier alpha value is -2.07. The monoisotopic (exact) mass is 325 g/mol. The van der Waals surface area contributed by atoms with E-state index in [0.717, 1.165) is 36.3 Å². The molecule has 0 bridgehead atoms. The summed E-state index contributed by atoms with van der Waals surface area (Å²) in [6, 6.07) is 12.7. The van der Waals surface area contributed by atoms with Gasteiger partial charge in [-0.2, -0.15) is 0 Å². The number of hydrogen-bond donors (Lipinski definition) is 1. The van der Waals surface area contributed by atoms with E-state index >= 15 is 0 Å². The van der Waals surface area contributed by atoms with Crippen LogP contribution in [0.3, 0.4) is 0 Å². The zero-order valence-corrected chi connectivity index (χ0v) is 14.8. The van der Waals surface area contributed by atoms with E-state index in [0.29, 0.717) is 6.54 Å². The highest BCUT2D eigenvalue weighted by atomic mass is 16.2. The van der Waals surface area contributed by atoms with Crippen LogP contribution in [0.15, 0.2) is 36.4 Å². The van der Waals surface area contributed by atoms with Crippen LogP contribution < -0.4 is 5.73 Å². The number of piperidine rings is 1. The molecule has 1 fully saturated rings. The second kappa shape index (κ2) is 6.81. The maximum atomic E-state index is 12.9. The van der Waals surface area contributed by atoms with Gasteiger partial charge in [0.25, 0.3) is 5.91 Å². The molecule has 3 rings (SSSR count). The average molecular weight is 325 g/mol. The lowest BCUT2D eigenvalue weighted by molar-refractivity contribution is 0.0708. The Morgan fingerprint density at radius 3 is 2.62 bits per heavy atom. The van der Waals surface area contributed by atoms with Crippen molar-refractivity contribution in [3.05, 3.63) is 58.9 Å². The molecule has 2 heterocycles. The number of benzene rings is 1. The third-order valence-corrected chi connectivity index (χ3v) is 5.13. The zero-order valence-electron chi connectivity index (χ0n) is 14.8. The standard InChI is InChI=1S/C20H27N3O/c1-14-12-19(20(24)22-11-7-10-18(21)13-22)16(3)23(14)15(2)17-8-5-4-6-9-17/h4-6,8-9,12,15,18H,7,10-11,13,21H2,1-3H3. The highest BCUT2D eigenvalue weighted by molar-refractivity contribution is 5.95. The second-order valence-corrected chi connectivity index (χ2v) is 6.89. The zero-order chi connectivity index (χ0) is 17.3. The van der Waals surface area contributed by atoms with Crippen LogP contribution in [0.25, 0.3) is 0 Å². The molecule has 1 aliphatic rings. The van der Waals surface area contributed by atoms with Gasteiger partial charge in [-0.05, 0) is 45.2 Å². The van der Waals surface area contributed by atoms with E-state index in [4.69, 9.17) is 5.73 Å². The fourth-order valence-electron chi connectivity index (χ4n) is 3.84. The normalized spacial score (nSPS) is 19.3. The quantitative estimate of drug-likeness (QED) is 0.941. The van der Waals surface area contributed by atoms with Gasteiger partial charge in [-0.15, -0.1) is 0 Å². The van der Waals surface area contributed by atoms with Crippen molar-refractivity contribution in [1.29, 1.82) is 0 Å². The van der Waals surface area contributed by atoms with Crippen LogP contribution in [-0.4, -0.2) is 34.5 Å². The van der Waals surface area contributed by atoms with E-state index in [-0.39, 0.29) is 18.0 Å². The molecule has 24 heavy (non-hydrogen) atoms. The molecule has 1 aromatic heterocycles. The Morgan fingerprint density at radius 2 is 1.96 bits per heavy atom. The third kappa shape index (κ3) is 3.11. The number of aromatic nitrogens is 1. The van der Waals surface area contributed by atoms with Crippen molar-refractivity contribution < 1.29 is 4.79 Å². The lowest BCUT2D eigenvalue weighted by atomic mass is 10.1. The molecule has 0 radical (unpaired) electrons. The highest BCUT2D eigenvalue weighted by Gasteiger charge is 2.26. The van der Waals surface area contributed by atoms with E-state index < -0.39 is 0 Å². The topological polar surface area (TPSA) is 51.3 Å². The largest absolute Gasteiger partial charge is 0.341 e. The first kappa shape index (κ1) is 16.8. The van der Waals surface area contributed by atoms with E-state index in [1.165, 1.54) is 5.56 Å². The Balaban J connectivity index is 1.90. The van der Waals surface area contributed by atoms with Gasteiger partial charge in [0, 0.05) is 30.5 Å². The molecule has 2 aromatic rings. The molecule has 128 valence electrons. The first-order chi connectivity index (χ1) is 11.5. The van der Waals surface area contributed by atoms with Gasteiger partial charge in [0.2, 0.25) is 0 Å². The van der Waals surface area contributed by atoms with Crippen molar-refractivity contribution in [2.24, 2.45) is 5.73 Å². The number of aryl methyl sites for hydroxylation is 1. The average Bonchev–Trinajstić information content (AvgIpc) is 2.89. The van der Waals surface area contributed by atoms with Gasteiger partial charge >= 0.3 is 0 Å². The maximum absolute atomic E-state index is 12.9. The summed E-state index contributed by atoms with van der Waals surface area (Å²) in [6.45, 7) is 7.77. The number of likely N-dealkylation sites (tertiary alicyclic amines) is 1. The number of carbonyl (C=O) groups excluding carboxylic acids is 1. The van der Waals surface area contributed by atoms with Crippen molar-refractivity contribution in [3.8, 4) is 0 Å². The van der Waals surface area contributed by atoms with Gasteiger partial charge in [-0.1, -0.05) is 30.3 Å². The number of nitrogens with zero attached hydrogens (tertiary/aromatic N) is 2. The summed E-state index contributed by atoms with van der Waals surface area (Å²) in [4.78, 5) is 14.9. The summed E-state index contributed by atoms with van der Waals surface area (Å²) in [5.74, 6) is 0.116. The molecular formula is C20H27N3O. The Morgan fingerprint density at radius 1 is 1.25 bits per heavy atom. The predicted molar refractivity (Wildman–Crippen MR) is 97.3 cm³/mol. The van der Waals surface area contributed by atoms with Crippen LogP contribution in [-0.2, 0) is 0 Å². The summed E-state index contributed by atoms with van der Waals surface area (Å²) in [5.41, 5.74) is 10.3. The number of rotatable bonds is 3. The fourth-order valence-corrected chi connectivity index (χ4v) is 3.84. The highest BCUT2D eigenvalue weighted by Crippen LogP contribution is 2.26. The third-order valence-electron chi connectivity index (χ3n) is 5.13. The summed E-state index contributed by atoms with van der Waals surface area (Å²) in [5, 5.41) is 0. The van der Waals surface area contributed by atoms with Crippen LogP contribution in [0.5, 0.6) is 0 Å². The smallest absolute Gasteiger partial charge is 0.255 e. The summed E-state index contributed by atoms with van der Waals surface area (Å²) in [7, 11) is 0. The summed E-state index contributed by atoms with van der Waals surface area (Å²) >= 11 is 0. The number of hydrogen-bond acceptors (Lipinski definition) is 2. The Bertz CT molecular complexity index is 720.